The van der Waals surface area contributed by atoms with Crippen molar-refractivity contribution >= 4 is 0 Å². The van der Waals surface area contributed by atoms with Crippen LogP contribution in [0.25, 0.3) is 0 Å². The van der Waals surface area contributed by atoms with Gasteiger partial charge in [0.25, 0.3) is 0 Å². The van der Waals surface area contributed by atoms with Gasteiger partial charge in [-0.1, -0.05) is 20.8 Å². The second-order valence-electron chi connectivity index (χ2n) is 2.27. The molecule has 0 N–H and O–H groups in total. The van der Waals surface area contributed by atoms with Crippen molar-refractivity contribution in [3.05, 3.63) is 23.3 Å². The molecular weight excluding hydrogens is 162 g/mol. The van der Waals surface area contributed by atoms with Gasteiger partial charge in [-0.25, -0.2) is 9.97 Å². The molecule has 3 nitrogen and oxygen atoms in total. The lowest BCUT2D eigenvalue weighted by Crippen LogP contribution is -1.96. The first-order chi connectivity index (χ1) is 6.27. The number of nitrogens with zero attached hydrogens (tertiary/aromatic N) is 3. The second-order valence-corrected chi connectivity index (χ2v) is 2.27. The van der Waals surface area contributed by atoms with E-state index < -0.39 is 0 Å². The van der Waals surface area contributed by atoms with Gasteiger partial charge >= 0.3 is 0 Å². The van der Waals surface area contributed by atoms with Crippen LogP contribution in [0.1, 0.15) is 37.9 Å². The van der Waals surface area contributed by atoms with E-state index in [4.69, 9.17) is 5.26 Å². The zero-order chi connectivity index (χ0) is 10.3. The zero-order valence-corrected chi connectivity index (χ0v) is 8.63. The third-order valence-electron chi connectivity index (χ3n) is 1.56. The van der Waals surface area contributed by atoms with E-state index in [1.54, 1.807) is 6.20 Å². The molecule has 0 saturated heterocycles. The Labute approximate surface area is 79.5 Å². The molecule has 70 valence electrons. The van der Waals surface area contributed by atoms with E-state index in [-0.39, 0.29) is 5.82 Å². The third kappa shape index (κ3) is 3.20. The highest BCUT2D eigenvalue weighted by Crippen LogP contribution is 2.03. The standard InChI is InChI=1S/C8H9N3.C2H6/c1-3-7-5-10-8(4-9)11-6(7)2;1-2/h5H,3H2,1-2H3;1-2H3. The number of hydrogen-bond acceptors (Lipinski definition) is 3. The average molecular weight is 177 g/mol. The van der Waals surface area contributed by atoms with E-state index in [1.165, 1.54) is 0 Å². The fraction of sp³-hybridized carbons (Fsp3) is 0.500. The minimum Gasteiger partial charge on any atom is -0.227 e. The predicted octanol–water partition coefficient (Wildman–Crippen LogP) is 2.25. The summed E-state index contributed by atoms with van der Waals surface area (Å²) in [6, 6.07) is 1.90. The van der Waals surface area contributed by atoms with Gasteiger partial charge in [0.15, 0.2) is 0 Å². The highest BCUT2D eigenvalue weighted by atomic mass is 14.9. The summed E-state index contributed by atoms with van der Waals surface area (Å²) in [7, 11) is 0. The molecule has 0 saturated carbocycles. The van der Waals surface area contributed by atoms with Gasteiger partial charge in [-0.3, -0.25) is 0 Å². The summed E-state index contributed by atoms with van der Waals surface area (Å²) in [5.41, 5.74) is 2.00. The van der Waals surface area contributed by atoms with E-state index in [9.17, 15) is 0 Å². The minimum atomic E-state index is 0.250. The predicted molar refractivity (Wildman–Crippen MR) is 52.2 cm³/mol. The first-order valence-corrected chi connectivity index (χ1v) is 4.50. The average Bonchev–Trinajstić information content (AvgIpc) is 2.20. The number of nitriles is 1. The van der Waals surface area contributed by atoms with Crippen molar-refractivity contribution in [1.29, 1.82) is 5.26 Å². The monoisotopic (exact) mass is 177 g/mol. The van der Waals surface area contributed by atoms with Crippen molar-refractivity contribution in [3.63, 3.8) is 0 Å². The van der Waals surface area contributed by atoms with Crippen LogP contribution in [0, 0.1) is 18.3 Å². The fourth-order valence-electron chi connectivity index (χ4n) is 0.893. The molecule has 13 heavy (non-hydrogen) atoms. The fourth-order valence-corrected chi connectivity index (χ4v) is 0.893. The van der Waals surface area contributed by atoms with E-state index >= 15 is 0 Å². The van der Waals surface area contributed by atoms with Gasteiger partial charge < -0.3 is 0 Å². The maximum absolute atomic E-state index is 8.45. The molecular formula is C10H15N3. The summed E-state index contributed by atoms with van der Waals surface area (Å²) in [5.74, 6) is 0.250. The number of rotatable bonds is 1. The van der Waals surface area contributed by atoms with Crippen LogP contribution in [-0.2, 0) is 6.42 Å². The summed E-state index contributed by atoms with van der Waals surface area (Å²) in [6.45, 7) is 7.93. The van der Waals surface area contributed by atoms with E-state index in [2.05, 4.69) is 9.97 Å². The molecule has 0 radical (unpaired) electrons. The van der Waals surface area contributed by atoms with Crippen molar-refractivity contribution in [1.82, 2.24) is 9.97 Å². The smallest absolute Gasteiger partial charge is 0.227 e. The van der Waals surface area contributed by atoms with Gasteiger partial charge in [0.05, 0.1) is 0 Å². The maximum atomic E-state index is 8.45. The molecule has 1 aromatic rings. The third-order valence-corrected chi connectivity index (χ3v) is 1.56. The van der Waals surface area contributed by atoms with Crippen LogP contribution in [0.4, 0.5) is 0 Å². The van der Waals surface area contributed by atoms with Crippen LogP contribution in [0.3, 0.4) is 0 Å². The quantitative estimate of drug-likeness (QED) is 0.661. The van der Waals surface area contributed by atoms with Gasteiger partial charge in [-0.05, 0) is 18.9 Å². The zero-order valence-electron chi connectivity index (χ0n) is 8.63. The maximum Gasteiger partial charge on any atom is 0.232 e. The van der Waals surface area contributed by atoms with Crippen LogP contribution in [0.2, 0.25) is 0 Å². The van der Waals surface area contributed by atoms with Gasteiger partial charge in [-0.15, -0.1) is 0 Å². The molecule has 0 fully saturated rings. The highest BCUT2D eigenvalue weighted by molar-refractivity contribution is 5.20. The summed E-state index contributed by atoms with van der Waals surface area (Å²) in [4.78, 5) is 7.85. The van der Waals surface area contributed by atoms with Gasteiger partial charge in [0, 0.05) is 11.9 Å². The molecule has 0 aliphatic heterocycles. The first kappa shape index (κ1) is 11.6. The molecule has 0 amide bonds. The normalized spacial score (nSPS) is 8.23. The number of hydrogen-bond donors (Lipinski definition) is 0. The molecule has 1 rings (SSSR count). The topological polar surface area (TPSA) is 49.6 Å². The van der Waals surface area contributed by atoms with Crippen molar-refractivity contribution in [3.8, 4) is 6.07 Å². The van der Waals surface area contributed by atoms with E-state index in [0.29, 0.717) is 0 Å². The van der Waals surface area contributed by atoms with Crippen molar-refractivity contribution in [2.75, 3.05) is 0 Å². The first-order valence-electron chi connectivity index (χ1n) is 4.50. The Balaban J connectivity index is 0.000000671. The molecule has 3 heteroatoms. The Bertz CT molecular complexity index is 300. The van der Waals surface area contributed by atoms with Gasteiger partial charge in [0.2, 0.25) is 5.82 Å². The molecule has 0 aliphatic rings. The summed E-state index contributed by atoms with van der Waals surface area (Å²) in [5, 5.41) is 8.45. The molecule has 1 aromatic heterocycles. The SMILES string of the molecule is CC.CCc1cnc(C#N)nc1C. The molecule has 0 spiro atoms. The molecule has 0 aliphatic carbocycles. The van der Waals surface area contributed by atoms with E-state index in [0.717, 1.165) is 17.7 Å². The largest absolute Gasteiger partial charge is 0.232 e. The summed E-state index contributed by atoms with van der Waals surface area (Å²) < 4.78 is 0. The second kappa shape index (κ2) is 6.13. The number of aromatic nitrogens is 2. The lowest BCUT2D eigenvalue weighted by Gasteiger charge is -1.98. The lowest BCUT2D eigenvalue weighted by molar-refractivity contribution is 0.975. The Morgan fingerprint density at radius 2 is 2.08 bits per heavy atom. The van der Waals surface area contributed by atoms with Crippen molar-refractivity contribution in [2.24, 2.45) is 0 Å². The van der Waals surface area contributed by atoms with Crippen LogP contribution in [-0.4, -0.2) is 9.97 Å². The Morgan fingerprint density at radius 3 is 2.46 bits per heavy atom. The Hall–Kier alpha value is -1.43. The van der Waals surface area contributed by atoms with Crippen molar-refractivity contribution < 1.29 is 0 Å². The molecule has 0 unspecified atom stereocenters. The molecule has 0 bridgehead atoms. The Kier molecular flexibility index (Phi) is 5.45. The summed E-state index contributed by atoms with van der Waals surface area (Å²) >= 11 is 0. The van der Waals surface area contributed by atoms with Crippen LogP contribution >= 0.6 is 0 Å². The highest BCUT2D eigenvalue weighted by Gasteiger charge is 1.98. The lowest BCUT2D eigenvalue weighted by atomic mass is 10.2. The Morgan fingerprint density at radius 1 is 1.46 bits per heavy atom. The molecule has 1 heterocycles. The van der Waals surface area contributed by atoms with E-state index in [1.807, 2.05) is 33.8 Å². The van der Waals surface area contributed by atoms with Crippen molar-refractivity contribution in [2.45, 2.75) is 34.1 Å². The van der Waals surface area contributed by atoms with Crippen LogP contribution in [0.15, 0.2) is 6.20 Å². The van der Waals surface area contributed by atoms with Gasteiger partial charge in [-0.2, -0.15) is 5.26 Å². The van der Waals surface area contributed by atoms with Crippen LogP contribution < -0.4 is 0 Å². The summed E-state index contributed by atoms with van der Waals surface area (Å²) in [6.07, 6.45) is 2.62. The number of aryl methyl sites for hydroxylation is 2. The molecule has 0 aromatic carbocycles. The molecule has 0 atom stereocenters. The minimum absolute atomic E-state index is 0.250. The van der Waals surface area contributed by atoms with Crippen LogP contribution in [0.5, 0.6) is 0 Å². The van der Waals surface area contributed by atoms with Gasteiger partial charge in [0.1, 0.15) is 6.07 Å².